The van der Waals surface area contributed by atoms with Crippen LogP contribution >= 0.6 is 0 Å². The molecule has 1 aliphatic heterocycles. The molecule has 0 amide bonds. The summed E-state index contributed by atoms with van der Waals surface area (Å²) in [6, 6.07) is 8.06. The van der Waals surface area contributed by atoms with Crippen LogP contribution in [0.5, 0.6) is 0 Å². The van der Waals surface area contributed by atoms with E-state index in [9.17, 15) is 26.3 Å². The molecule has 2 aromatic rings. The predicted octanol–water partition coefficient (Wildman–Crippen LogP) is 5.86. The molecule has 0 aromatic heterocycles. The Hall–Kier alpha value is -2.02. The van der Waals surface area contributed by atoms with Gasteiger partial charge in [-0.15, -0.1) is 0 Å². The summed E-state index contributed by atoms with van der Waals surface area (Å²) in [7, 11) is 0. The first-order chi connectivity index (χ1) is 12.2. The highest BCUT2D eigenvalue weighted by Gasteiger charge is 2.35. The van der Waals surface area contributed by atoms with E-state index >= 15 is 0 Å². The molecule has 1 nitrogen and oxygen atoms in total. The van der Waals surface area contributed by atoms with Gasteiger partial charge in [0.2, 0.25) is 0 Å². The van der Waals surface area contributed by atoms with Gasteiger partial charge in [0, 0.05) is 0 Å². The van der Waals surface area contributed by atoms with Crippen molar-refractivity contribution < 1.29 is 26.3 Å². The van der Waals surface area contributed by atoms with Crippen LogP contribution < -0.4 is 5.32 Å². The first-order valence-electron chi connectivity index (χ1n) is 8.26. The Morgan fingerprint density at radius 1 is 0.808 bits per heavy atom. The lowest BCUT2D eigenvalue weighted by molar-refractivity contribution is -0.137. The van der Waals surface area contributed by atoms with Crippen LogP contribution in [-0.2, 0) is 12.4 Å². The van der Waals surface area contributed by atoms with Crippen molar-refractivity contribution in [3.8, 4) is 11.1 Å². The highest BCUT2D eigenvalue weighted by Crippen LogP contribution is 2.41. The first kappa shape index (κ1) is 18.8. The quantitative estimate of drug-likeness (QED) is 0.651. The van der Waals surface area contributed by atoms with Crippen LogP contribution in [0.15, 0.2) is 42.5 Å². The molecule has 0 saturated carbocycles. The summed E-state index contributed by atoms with van der Waals surface area (Å²) in [4.78, 5) is 0. The van der Waals surface area contributed by atoms with Gasteiger partial charge in [0.05, 0.1) is 11.1 Å². The zero-order valence-electron chi connectivity index (χ0n) is 13.7. The number of halogens is 6. The van der Waals surface area contributed by atoms with Crippen LogP contribution in [0.25, 0.3) is 11.1 Å². The maximum Gasteiger partial charge on any atom is 0.417 e. The van der Waals surface area contributed by atoms with E-state index in [0.717, 1.165) is 18.2 Å². The molecule has 3 rings (SSSR count). The molecule has 1 fully saturated rings. The number of alkyl halides is 6. The van der Waals surface area contributed by atoms with Crippen LogP contribution in [0.1, 0.15) is 35.4 Å². The van der Waals surface area contributed by atoms with Crippen LogP contribution in [0.2, 0.25) is 0 Å². The highest BCUT2D eigenvalue weighted by molar-refractivity contribution is 5.70. The second-order valence-corrected chi connectivity index (χ2v) is 6.41. The zero-order chi connectivity index (χ0) is 18.9. The molecule has 0 spiro atoms. The lowest BCUT2D eigenvalue weighted by Crippen LogP contribution is -2.26. The summed E-state index contributed by atoms with van der Waals surface area (Å²) in [6.45, 7) is 1.35. The molecule has 0 radical (unpaired) electrons. The van der Waals surface area contributed by atoms with E-state index in [0.29, 0.717) is 31.5 Å². The number of hydrogen-bond donors (Lipinski definition) is 1. The van der Waals surface area contributed by atoms with Gasteiger partial charge in [0.25, 0.3) is 0 Å². The third-order valence-corrected chi connectivity index (χ3v) is 4.64. The van der Waals surface area contributed by atoms with E-state index < -0.39 is 23.5 Å². The molecule has 1 heterocycles. The largest absolute Gasteiger partial charge is 0.417 e. The number of piperidine rings is 1. The zero-order valence-corrected chi connectivity index (χ0v) is 13.7. The number of hydrogen-bond acceptors (Lipinski definition) is 1. The van der Waals surface area contributed by atoms with E-state index in [2.05, 4.69) is 5.32 Å². The average molecular weight is 373 g/mol. The summed E-state index contributed by atoms with van der Waals surface area (Å²) in [5.41, 5.74) is -1.70. The van der Waals surface area contributed by atoms with E-state index in [1.807, 2.05) is 0 Å². The van der Waals surface area contributed by atoms with Gasteiger partial charge in [0.15, 0.2) is 0 Å². The molecule has 1 N–H and O–H groups in total. The van der Waals surface area contributed by atoms with Gasteiger partial charge < -0.3 is 5.32 Å². The fourth-order valence-electron chi connectivity index (χ4n) is 3.34. The van der Waals surface area contributed by atoms with Crippen LogP contribution in [-0.4, -0.2) is 13.1 Å². The van der Waals surface area contributed by atoms with E-state index in [-0.39, 0.29) is 17.0 Å². The SMILES string of the molecule is FC(F)(F)c1cc(-c2ccccc2C(F)(F)F)cc(C2CCNCC2)c1. The van der Waals surface area contributed by atoms with E-state index in [1.165, 1.54) is 24.3 Å². The molecule has 0 unspecified atom stereocenters. The molecular weight excluding hydrogens is 356 g/mol. The molecule has 1 aliphatic rings. The monoisotopic (exact) mass is 373 g/mol. The minimum Gasteiger partial charge on any atom is -0.317 e. The van der Waals surface area contributed by atoms with Crippen molar-refractivity contribution in [2.24, 2.45) is 0 Å². The lowest BCUT2D eigenvalue weighted by Gasteiger charge is -2.25. The normalized spacial score (nSPS) is 16.7. The van der Waals surface area contributed by atoms with Crippen molar-refractivity contribution in [3.05, 3.63) is 59.2 Å². The Kier molecular flexibility index (Phi) is 5.01. The second-order valence-electron chi connectivity index (χ2n) is 6.41. The van der Waals surface area contributed by atoms with Crippen molar-refractivity contribution in [1.29, 1.82) is 0 Å². The summed E-state index contributed by atoms with van der Waals surface area (Å²) in [6.07, 6.45) is -7.95. The van der Waals surface area contributed by atoms with Gasteiger partial charge in [-0.1, -0.05) is 24.3 Å². The molecular formula is C19H17F6N. The van der Waals surface area contributed by atoms with Crippen LogP contribution in [0.4, 0.5) is 26.3 Å². The average Bonchev–Trinajstić information content (AvgIpc) is 2.60. The van der Waals surface area contributed by atoms with Gasteiger partial charge >= 0.3 is 12.4 Å². The third-order valence-electron chi connectivity index (χ3n) is 4.64. The van der Waals surface area contributed by atoms with Gasteiger partial charge in [0.1, 0.15) is 0 Å². The Labute approximate surface area is 147 Å². The Morgan fingerprint density at radius 2 is 1.46 bits per heavy atom. The van der Waals surface area contributed by atoms with Crippen molar-refractivity contribution in [2.75, 3.05) is 13.1 Å². The van der Waals surface area contributed by atoms with E-state index in [4.69, 9.17) is 0 Å². The maximum absolute atomic E-state index is 13.3. The van der Waals surface area contributed by atoms with Gasteiger partial charge in [-0.05, 0) is 66.7 Å². The maximum atomic E-state index is 13.3. The number of rotatable bonds is 2. The van der Waals surface area contributed by atoms with Gasteiger partial charge in [-0.2, -0.15) is 26.3 Å². The first-order valence-corrected chi connectivity index (χ1v) is 8.26. The Balaban J connectivity index is 2.16. The van der Waals surface area contributed by atoms with Gasteiger partial charge in [-0.25, -0.2) is 0 Å². The molecule has 2 aromatic carbocycles. The molecule has 140 valence electrons. The molecule has 0 atom stereocenters. The fraction of sp³-hybridized carbons (Fsp3) is 0.368. The Morgan fingerprint density at radius 3 is 2.08 bits per heavy atom. The van der Waals surface area contributed by atoms with E-state index in [1.54, 1.807) is 0 Å². The summed E-state index contributed by atoms with van der Waals surface area (Å²) in [5, 5.41) is 3.13. The summed E-state index contributed by atoms with van der Waals surface area (Å²) < 4.78 is 79.9. The van der Waals surface area contributed by atoms with Crippen molar-refractivity contribution in [3.63, 3.8) is 0 Å². The van der Waals surface area contributed by atoms with Gasteiger partial charge in [-0.3, -0.25) is 0 Å². The second kappa shape index (κ2) is 6.95. The topological polar surface area (TPSA) is 12.0 Å². The smallest absolute Gasteiger partial charge is 0.317 e. The summed E-state index contributed by atoms with van der Waals surface area (Å²) >= 11 is 0. The third kappa shape index (κ3) is 4.03. The Bertz CT molecular complexity index is 772. The standard InChI is InChI=1S/C19H17F6N/c20-18(21,22)15-10-13(12-5-7-26-8-6-12)9-14(11-15)16-3-1-2-4-17(16)19(23,24)25/h1-4,9-12,26H,5-8H2. The van der Waals surface area contributed by atoms with Crippen molar-refractivity contribution in [1.82, 2.24) is 5.32 Å². The van der Waals surface area contributed by atoms with Crippen molar-refractivity contribution in [2.45, 2.75) is 31.1 Å². The molecule has 7 heteroatoms. The number of nitrogens with one attached hydrogen (secondary N) is 1. The molecule has 0 aliphatic carbocycles. The van der Waals surface area contributed by atoms with Crippen molar-refractivity contribution >= 4 is 0 Å². The molecule has 1 saturated heterocycles. The predicted molar refractivity (Wildman–Crippen MR) is 86.7 cm³/mol. The molecule has 26 heavy (non-hydrogen) atoms. The fourth-order valence-corrected chi connectivity index (χ4v) is 3.34. The van der Waals surface area contributed by atoms with Crippen LogP contribution in [0.3, 0.4) is 0 Å². The summed E-state index contributed by atoms with van der Waals surface area (Å²) in [5.74, 6) is -0.102. The minimum absolute atomic E-state index is 0.0544. The lowest BCUT2D eigenvalue weighted by atomic mass is 9.86. The molecule has 0 bridgehead atoms. The number of benzene rings is 2. The highest BCUT2D eigenvalue weighted by atomic mass is 19.4. The minimum atomic E-state index is -4.64. The van der Waals surface area contributed by atoms with Crippen LogP contribution in [0, 0.1) is 0 Å².